The molecule has 0 radical (unpaired) electrons. The molecule has 2 N–H and O–H groups in total. The maximum Gasteiger partial charge on any atom is 0.253 e. The number of amides is 1. The van der Waals surface area contributed by atoms with Gasteiger partial charge in [0.05, 0.1) is 0 Å². The monoisotopic (exact) mass is 358 g/mol. The van der Waals surface area contributed by atoms with Gasteiger partial charge in [0.25, 0.3) is 5.91 Å². The Morgan fingerprint density at radius 1 is 1.00 bits per heavy atom. The van der Waals surface area contributed by atoms with Gasteiger partial charge in [-0.1, -0.05) is 0 Å². The lowest BCUT2D eigenvalue weighted by Crippen LogP contribution is -2.33. The van der Waals surface area contributed by atoms with Crippen molar-refractivity contribution in [1.82, 2.24) is 4.90 Å². The van der Waals surface area contributed by atoms with Gasteiger partial charge in [0, 0.05) is 30.8 Å². The number of halogens is 2. The van der Waals surface area contributed by atoms with E-state index in [1.807, 2.05) is 4.90 Å². The quantitative estimate of drug-likeness (QED) is 0.913. The normalized spacial score (nSPS) is 24.6. The number of carbonyl (C=O) groups excluding carboxylic acids is 1. The van der Waals surface area contributed by atoms with Crippen molar-refractivity contribution < 1.29 is 18.3 Å². The van der Waals surface area contributed by atoms with Crippen LogP contribution in [-0.2, 0) is 0 Å². The van der Waals surface area contributed by atoms with E-state index in [9.17, 15) is 13.6 Å². The van der Waals surface area contributed by atoms with Gasteiger partial charge >= 0.3 is 0 Å². The van der Waals surface area contributed by atoms with Gasteiger partial charge in [-0.3, -0.25) is 4.79 Å². The number of fused-ring (bicyclic) bond motifs is 1. The minimum Gasteiger partial charge on any atom is -0.457 e. The molecule has 1 aliphatic carbocycles. The lowest BCUT2D eigenvalue weighted by atomic mass is 9.98. The van der Waals surface area contributed by atoms with Gasteiger partial charge in [-0.15, -0.1) is 0 Å². The zero-order chi connectivity index (χ0) is 18.3. The lowest BCUT2D eigenvalue weighted by molar-refractivity contribution is 0.0779. The van der Waals surface area contributed by atoms with Crippen LogP contribution in [0.3, 0.4) is 0 Å². The molecule has 1 amide bonds. The number of nitrogens with two attached hydrogens (primary N) is 1. The first kappa shape index (κ1) is 17.0. The Hall–Kier alpha value is -2.47. The van der Waals surface area contributed by atoms with Gasteiger partial charge in [-0.25, -0.2) is 8.78 Å². The average molecular weight is 358 g/mol. The molecule has 4 nitrogen and oxygen atoms in total. The molecular weight excluding hydrogens is 338 g/mol. The van der Waals surface area contributed by atoms with Gasteiger partial charge in [0.2, 0.25) is 0 Å². The molecule has 1 saturated heterocycles. The molecule has 2 aromatic rings. The van der Waals surface area contributed by atoms with Crippen molar-refractivity contribution >= 4 is 5.91 Å². The van der Waals surface area contributed by atoms with Crippen LogP contribution in [0.2, 0.25) is 0 Å². The van der Waals surface area contributed by atoms with Crippen LogP contribution < -0.4 is 10.5 Å². The fourth-order valence-electron chi connectivity index (χ4n) is 4.00. The second-order valence-corrected chi connectivity index (χ2v) is 7.08. The molecule has 1 saturated carbocycles. The van der Waals surface area contributed by atoms with E-state index in [-0.39, 0.29) is 17.7 Å². The van der Waals surface area contributed by atoms with E-state index in [0.29, 0.717) is 23.1 Å². The van der Waals surface area contributed by atoms with Crippen LogP contribution in [0.1, 0.15) is 23.2 Å². The minimum absolute atomic E-state index is 0.00835. The van der Waals surface area contributed by atoms with E-state index in [4.69, 9.17) is 10.5 Å². The second kappa shape index (κ2) is 6.68. The number of nitrogens with zero attached hydrogens (tertiary/aromatic N) is 1. The Labute approximate surface area is 150 Å². The van der Waals surface area contributed by atoms with Crippen molar-refractivity contribution in [2.75, 3.05) is 13.1 Å². The van der Waals surface area contributed by atoms with E-state index in [1.165, 1.54) is 6.07 Å². The third-order valence-electron chi connectivity index (χ3n) is 5.43. The summed E-state index contributed by atoms with van der Waals surface area (Å²) in [5.74, 6) is -0.316. The van der Waals surface area contributed by atoms with Crippen LogP contribution in [0.15, 0.2) is 42.5 Å². The van der Waals surface area contributed by atoms with E-state index in [2.05, 4.69) is 0 Å². The maximum absolute atomic E-state index is 13.2. The van der Waals surface area contributed by atoms with Crippen LogP contribution in [0, 0.1) is 23.5 Å². The number of likely N-dealkylation sites (tertiary alicyclic amines) is 1. The van der Waals surface area contributed by atoms with Crippen molar-refractivity contribution in [3.05, 3.63) is 59.7 Å². The average Bonchev–Trinajstić information content (AvgIpc) is 3.21. The van der Waals surface area contributed by atoms with Gasteiger partial charge in [-0.05, 0) is 61.1 Å². The summed E-state index contributed by atoms with van der Waals surface area (Å²) < 4.78 is 31.7. The molecule has 0 aromatic heterocycles. The van der Waals surface area contributed by atoms with Crippen LogP contribution in [0.25, 0.3) is 0 Å². The highest BCUT2D eigenvalue weighted by atomic mass is 19.2. The Morgan fingerprint density at radius 3 is 2.42 bits per heavy atom. The number of carbonyl (C=O) groups is 1. The highest BCUT2D eigenvalue weighted by Gasteiger charge is 2.42. The molecular formula is C20H20F2N2O2. The molecule has 26 heavy (non-hydrogen) atoms. The smallest absolute Gasteiger partial charge is 0.253 e. The summed E-state index contributed by atoms with van der Waals surface area (Å²) in [5.41, 5.74) is 6.71. The summed E-state index contributed by atoms with van der Waals surface area (Å²) in [4.78, 5) is 14.6. The molecule has 4 rings (SSSR count). The molecule has 1 heterocycles. The zero-order valence-electron chi connectivity index (χ0n) is 14.2. The van der Waals surface area contributed by atoms with Gasteiger partial charge < -0.3 is 15.4 Å². The van der Waals surface area contributed by atoms with Crippen LogP contribution >= 0.6 is 0 Å². The topological polar surface area (TPSA) is 55.6 Å². The fraction of sp³-hybridized carbons (Fsp3) is 0.350. The summed E-state index contributed by atoms with van der Waals surface area (Å²) in [6, 6.07) is 10.2. The zero-order valence-corrected chi connectivity index (χ0v) is 14.2. The number of hydrogen-bond acceptors (Lipinski definition) is 3. The van der Waals surface area contributed by atoms with E-state index >= 15 is 0 Å². The molecule has 0 spiro atoms. The summed E-state index contributed by atoms with van der Waals surface area (Å²) in [6.45, 7) is 1.49. The number of rotatable bonds is 3. The third kappa shape index (κ3) is 3.17. The molecule has 3 unspecified atom stereocenters. The van der Waals surface area contributed by atoms with E-state index in [0.717, 1.165) is 38.1 Å². The molecule has 136 valence electrons. The number of ether oxygens (including phenoxy) is 1. The Balaban J connectivity index is 1.42. The Kier molecular flexibility index (Phi) is 4.36. The molecule has 0 bridgehead atoms. The van der Waals surface area contributed by atoms with Gasteiger partial charge in [0.1, 0.15) is 11.5 Å². The van der Waals surface area contributed by atoms with E-state index < -0.39 is 11.6 Å². The van der Waals surface area contributed by atoms with Crippen LogP contribution in [-0.4, -0.2) is 29.9 Å². The molecule has 6 heteroatoms. The summed E-state index contributed by atoms with van der Waals surface area (Å²) >= 11 is 0. The van der Waals surface area contributed by atoms with Crippen molar-refractivity contribution in [1.29, 1.82) is 0 Å². The molecule has 1 aliphatic heterocycles. The standard InChI is InChI=1S/C20H20F2N2O2/c21-17-7-6-15(9-18(17)22)26-14-4-1-12(2-5-14)20(25)24-10-13-3-8-19(23)16(13)11-24/h1-2,4-7,9,13,16,19H,3,8,10-11,23H2. The summed E-state index contributed by atoms with van der Waals surface area (Å²) in [5, 5.41) is 0. The van der Waals surface area contributed by atoms with Crippen LogP contribution in [0.4, 0.5) is 8.78 Å². The molecule has 2 aromatic carbocycles. The molecule has 3 atom stereocenters. The lowest BCUT2D eigenvalue weighted by Gasteiger charge is -2.19. The predicted molar refractivity (Wildman–Crippen MR) is 93.0 cm³/mol. The summed E-state index contributed by atoms with van der Waals surface area (Å²) in [6.07, 6.45) is 2.14. The van der Waals surface area contributed by atoms with Gasteiger partial charge in [-0.2, -0.15) is 0 Å². The van der Waals surface area contributed by atoms with Crippen molar-refractivity contribution in [2.45, 2.75) is 18.9 Å². The second-order valence-electron chi connectivity index (χ2n) is 7.08. The van der Waals surface area contributed by atoms with Crippen molar-refractivity contribution in [2.24, 2.45) is 17.6 Å². The SMILES string of the molecule is NC1CCC2CN(C(=O)c3ccc(Oc4ccc(F)c(F)c4)cc3)CC12. The van der Waals surface area contributed by atoms with Crippen LogP contribution in [0.5, 0.6) is 11.5 Å². The van der Waals surface area contributed by atoms with Gasteiger partial charge in [0.15, 0.2) is 11.6 Å². The first-order valence-corrected chi connectivity index (χ1v) is 8.79. The first-order valence-electron chi connectivity index (χ1n) is 8.79. The number of benzene rings is 2. The Bertz CT molecular complexity index is 825. The number of hydrogen-bond donors (Lipinski definition) is 1. The minimum atomic E-state index is -0.966. The first-order chi connectivity index (χ1) is 12.5. The highest BCUT2D eigenvalue weighted by Crippen LogP contribution is 2.37. The van der Waals surface area contributed by atoms with Crippen molar-refractivity contribution in [3.63, 3.8) is 0 Å². The highest BCUT2D eigenvalue weighted by molar-refractivity contribution is 5.94. The van der Waals surface area contributed by atoms with Crippen molar-refractivity contribution in [3.8, 4) is 11.5 Å². The maximum atomic E-state index is 13.2. The fourth-order valence-corrected chi connectivity index (χ4v) is 4.00. The summed E-state index contributed by atoms with van der Waals surface area (Å²) in [7, 11) is 0. The van der Waals surface area contributed by atoms with E-state index in [1.54, 1.807) is 24.3 Å². The molecule has 2 fully saturated rings. The third-order valence-corrected chi connectivity index (χ3v) is 5.43. The largest absolute Gasteiger partial charge is 0.457 e. The predicted octanol–water partition coefficient (Wildman–Crippen LogP) is 3.57. The molecule has 2 aliphatic rings. The Morgan fingerprint density at radius 2 is 1.73 bits per heavy atom.